The number of rotatable bonds is 4. The van der Waals surface area contributed by atoms with Crippen molar-refractivity contribution in [3.8, 4) is 0 Å². The van der Waals surface area contributed by atoms with Crippen LogP contribution in [-0.4, -0.2) is 24.4 Å². The van der Waals surface area contributed by atoms with E-state index in [1.165, 1.54) is 32.1 Å². The molecule has 0 aromatic carbocycles. The zero-order chi connectivity index (χ0) is 11.2. The Labute approximate surface area is 97.7 Å². The molecule has 0 aromatic heterocycles. The van der Waals surface area contributed by atoms with E-state index in [0.29, 0.717) is 23.4 Å². The number of hydrogen-bond donors (Lipinski definition) is 1. The maximum absolute atomic E-state index is 9.99. The molecule has 0 heterocycles. The Balaban J connectivity index is 1.75. The second-order valence-electron chi connectivity index (χ2n) is 6.01. The largest absolute Gasteiger partial charge is 0.393 e. The average molecular weight is 222 g/mol. The molecule has 4 atom stereocenters. The molecule has 0 radical (unpaired) electrons. The fourth-order valence-electron chi connectivity index (χ4n) is 4.62. The van der Waals surface area contributed by atoms with Gasteiger partial charge in [0.2, 0.25) is 0 Å². The third-order valence-electron chi connectivity index (χ3n) is 5.47. The Hall–Kier alpha value is -0.340. The van der Waals surface area contributed by atoms with Crippen LogP contribution >= 0.6 is 0 Å². The van der Waals surface area contributed by atoms with E-state index in [2.05, 4.69) is 6.58 Å². The van der Waals surface area contributed by atoms with Crippen LogP contribution in [-0.2, 0) is 4.74 Å². The van der Waals surface area contributed by atoms with E-state index in [4.69, 9.17) is 4.74 Å². The summed E-state index contributed by atoms with van der Waals surface area (Å²) in [7, 11) is 0. The lowest BCUT2D eigenvalue weighted by atomic mass is 9.66. The summed E-state index contributed by atoms with van der Waals surface area (Å²) in [4.78, 5) is 0. The summed E-state index contributed by atoms with van der Waals surface area (Å²) in [5.41, 5.74) is 0.867. The highest BCUT2D eigenvalue weighted by molar-refractivity contribution is 5.20. The van der Waals surface area contributed by atoms with Crippen LogP contribution in [0.2, 0.25) is 0 Å². The summed E-state index contributed by atoms with van der Waals surface area (Å²) < 4.78 is 5.75. The van der Waals surface area contributed by atoms with Crippen LogP contribution in [0.15, 0.2) is 12.7 Å². The highest BCUT2D eigenvalue weighted by atomic mass is 16.5. The number of aliphatic hydroxyl groups excluding tert-OH is 1. The van der Waals surface area contributed by atoms with E-state index in [9.17, 15) is 5.11 Å². The first-order valence-electron chi connectivity index (χ1n) is 6.61. The van der Waals surface area contributed by atoms with Crippen molar-refractivity contribution in [2.24, 2.45) is 16.7 Å². The molecule has 3 aliphatic carbocycles. The topological polar surface area (TPSA) is 29.5 Å². The number of ether oxygens (including phenoxy) is 1. The summed E-state index contributed by atoms with van der Waals surface area (Å²) in [5, 5.41) is 9.99. The zero-order valence-corrected chi connectivity index (χ0v) is 9.95. The molecule has 1 spiro atoms. The first kappa shape index (κ1) is 10.8. The Morgan fingerprint density at radius 2 is 2.25 bits per heavy atom. The Morgan fingerprint density at radius 1 is 1.38 bits per heavy atom. The van der Waals surface area contributed by atoms with Gasteiger partial charge in [0.1, 0.15) is 0 Å². The fourth-order valence-corrected chi connectivity index (χ4v) is 4.62. The highest BCUT2D eigenvalue weighted by Gasteiger charge is 2.71. The maximum Gasteiger partial charge on any atom is 0.0645 e. The molecule has 0 unspecified atom stereocenters. The summed E-state index contributed by atoms with van der Waals surface area (Å²) in [6, 6.07) is 0. The first-order valence-corrected chi connectivity index (χ1v) is 6.61. The molecule has 2 nitrogen and oxygen atoms in total. The van der Waals surface area contributed by atoms with Gasteiger partial charge < -0.3 is 9.84 Å². The van der Waals surface area contributed by atoms with Crippen LogP contribution in [0, 0.1) is 16.7 Å². The minimum Gasteiger partial charge on any atom is -0.393 e. The van der Waals surface area contributed by atoms with E-state index in [0.717, 1.165) is 13.0 Å². The molecule has 0 aromatic rings. The Bertz CT molecular complexity index is 301. The molecule has 0 bridgehead atoms. The van der Waals surface area contributed by atoms with Gasteiger partial charge in [-0.3, -0.25) is 0 Å². The number of aliphatic hydroxyl groups is 1. The molecule has 0 saturated heterocycles. The van der Waals surface area contributed by atoms with E-state index in [1.54, 1.807) is 0 Å². The normalized spacial score (nSPS) is 49.6. The first-order chi connectivity index (χ1) is 7.74. The van der Waals surface area contributed by atoms with E-state index in [1.807, 2.05) is 6.08 Å². The molecule has 90 valence electrons. The molecule has 0 aliphatic heterocycles. The number of hydrogen-bond acceptors (Lipinski definition) is 2. The monoisotopic (exact) mass is 222 g/mol. The maximum atomic E-state index is 9.99. The summed E-state index contributed by atoms with van der Waals surface area (Å²) in [5.74, 6) is 0.594. The van der Waals surface area contributed by atoms with Gasteiger partial charge >= 0.3 is 0 Å². The van der Waals surface area contributed by atoms with Crippen LogP contribution in [0.3, 0.4) is 0 Å². The molecule has 1 N–H and O–H groups in total. The Kier molecular flexibility index (Phi) is 2.41. The fraction of sp³-hybridized carbons (Fsp3) is 0.857. The van der Waals surface area contributed by atoms with Gasteiger partial charge in [-0.2, -0.15) is 0 Å². The Morgan fingerprint density at radius 3 is 3.06 bits per heavy atom. The zero-order valence-electron chi connectivity index (χ0n) is 9.95. The lowest BCUT2D eigenvalue weighted by Crippen LogP contribution is -2.40. The molecule has 3 fully saturated rings. The van der Waals surface area contributed by atoms with Gasteiger partial charge in [-0.1, -0.05) is 12.5 Å². The predicted molar refractivity (Wildman–Crippen MR) is 63.1 cm³/mol. The van der Waals surface area contributed by atoms with Crippen LogP contribution < -0.4 is 0 Å². The van der Waals surface area contributed by atoms with Gasteiger partial charge in [-0.05, 0) is 48.9 Å². The van der Waals surface area contributed by atoms with E-state index in [-0.39, 0.29) is 6.10 Å². The van der Waals surface area contributed by atoms with Crippen LogP contribution in [0.25, 0.3) is 0 Å². The quantitative estimate of drug-likeness (QED) is 0.585. The molecule has 2 heteroatoms. The summed E-state index contributed by atoms with van der Waals surface area (Å²) >= 11 is 0. The van der Waals surface area contributed by atoms with Gasteiger partial charge in [-0.25, -0.2) is 0 Å². The third-order valence-corrected chi connectivity index (χ3v) is 5.47. The molecular formula is C14H22O2. The summed E-state index contributed by atoms with van der Waals surface area (Å²) in [6.07, 6.45) is 9.20. The SMILES string of the molecule is C=CCOC[C@@]12CCC[C@@]13C[C@H]3[C@@H](O)CC2. The van der Waals surface area contributed by atoms with Crippen LogP contribution in [0.5, 0.6) is 0 Å². The van der Waals surface area contributed by atoms with E-state index < -0.39 is 0 Å². The lowest BCUT2D eigenvalue weighted by Gasteiger charge is -2.41. The molecular weight excluding hydrogens is 200 g/mol. The third kappa shape index (κ3) is 1.26. The molecule has 3 rings (SSSR count). The predicted octanol–water partition coefficient (Wildman–Crippen LogP) is 2.52. The molecule has 3 aliphatic rings. The second kappa shape index (κ2) is 3.58. The van der Waals surface area contributed by atoms with Gasteiger partial charge in [-0.15, -0.1) is 6.58 Å². The molecule has 0 amide bonds. The van der Waals surface area contributed by atoms with Crippen molar-refractivity contribution in [2.45, 2.75) is 44.6 Å². The van der Waals surface area contributed by atoms with Crippen LogP contribution in [0.1, 0.15) is 38.5 Å². The molecule has 16 heavy (non-hydrogen) atoms. The average Bonchev–Trinajstić information content (AvgIpc) is 2.91. The van der Waals surface area contributed by atoms with Crippen molar-refractivity contribution in [2.75, 3.05) is 13.2 Å². The van der Waals surface area contributed by atoms with Gasteiger partial charge in [0.25, 0.3) is 0 Å². The van der Waals surface area contributed by atoms with Gasteiger partial charge in [0.15, 0.2) is 0 Å². The van der Waals surface area contributed by atoms with Crippen LogP contribution in [0.4, 0.5) is 0 Å². The van der Waals surface area contributed by atoms with Crippen molar-refractivity contribution < 1.29 is 9.84 Å². The minimum atomic E-state index is -0.0226. The minimum absolute atomic E-state index is 0.0226. The standard InChI is InChI=1S/C14H22O2/c1-2-8-16-10-13-5-3-6-14(13)9-11(14)12(15)4-7-13/h2,11-12,15H,1,3-10H2/t11-,12-,13-,14-/m0/s1. The smallest absolute Gasteiger partial charge is 0.0645 e. The van der Waals surface area contributed by atoms with Crippen molar-refractivity contribution in [3.63, 3.8) is 0 Å². The van der Waals surface area contributed by atoms with Crippen molar-refractivity contribution in [1.29, 1.82) is 0 Å². The van der Waals surface area contributed by atoms with Crippen molar-refractivity contribution in [1.82, 2.24) is 0 Å². The second-order valence-corrected chi connectivity index (χ2v) is 6.01. The lowest BCUT2D eigenvalue weighted by molar-refractivity contribution is -0.0371. The summed E-state index contributed by atoms with van der Waals surface area (Å²) in [6.45, 7) is 5.26. The van der Waals surface area contributed by atoms with Gasteiger partial charge in [0, 0.05) is 0 Å². The van der Waals surface area contributed by atoms with E-state index >= 15 is 0 Å². The van der Waals surface area contributed by atoms with Gasteiger partial charge in [0.05, 0.1) is 19.3 Å². The highest BCUT2D eigenvalue weighted by Crippen LogP contribution is 2.76. The van der Waals surface area contributed by atoms with Crippen molar-refractivity contribution in [3.05, 3.63) is 12.7 Å². The molecule has 3 saturated carbocycles. The van der Waals surface area contributed by atoms with Crippen molar-refractivity contribution >= 4 is 0 Å².